The van der Waals surface area contributed by atoms with Crippen LogP contribution in [0, 0.1) is 18.3 Å². The fourth-order valence-electron chi connectivity index (χ4n) is 2.73. The fourth-order valence-corrected chi connectivity index (χ4v) is 3.92. The summed E-state index contributed by atoms with van der Waals surface area (Å²) in [6.45, 7) is 2.03. The number of hydrogen-bond donors (Lipinski definition) is 1. The summed E-state index contributed by atoms with van der Waals surface area (Å²) >= 11 is 0. The Morgan fingerprint density at radius 1 is 1.32 bits per heavy atom. The number of nitrogens with one attached hydrogen (secondary N) is 1. The second-order valence-corrected chi connectivity index (χ2v) is 7.12. The van der Waals surface area contributed by atoms with E-state index in [1.807, 2.05) is 25.1 Å². The van der Waals surface area contributed by atoms with Crippen LogP contribution in [0.3, 0.4) is 0 Å². The highest BCUT2D eigenvalue weighted by atomic mass is 32.2. The van der Waals surface area contributed by atoms with Crippen LogP contribution in [0.4, 0.5) is 0 Å². The molecule has 22 heavy (non-hydrogen) atoms. The van der Waals surface area contributed by atoms with Gasteiger partial charge in [-0.25, -0.2) is 18.1 Å². The highest BCUT2D eigenvalue weighted by Crippen LogP contribution is 2.32. The molecule has 0 saturated carbocycles. The summed E-state index contributed by atoms with van der Waals surface area (Å²) in [5.74, 6) is 0. The van der Waals surface area contributed by atoms with Crippen molar-refractivity contribution in [2.75, 3.05) is 0 Å². The maximum absolute atomic E-state index is 12.4. The number of aromatic nitrogens is 1. The number of rotatable bonds is 3. The van der Waals surface area contributed by atoms with Gasteiger partial charge < -0.3 is 0 Å². The van der Waals surface area contributed by atoms with E-state index in [1.54, 1.807) is 0 Å². The molecule has 1 heterocycles. The predicted octanol–water partition coefficient (Wildman–Crippen LogP) is 2.23. The average molecular weight is 313 g/mol. The smallest absolute Gasteiger partial charge is 0.242 e. The lowest BCUT2D eigenvalue weighted by Crippen LogP contribution is -2.27. The van der Waals surface area contributed by atoms with E-state index in [0.717, 1.165) is 18.4 Å². The van der Waals surface area contributed by atoms with Crippen LogP contribution in [0.2, 0.25) is 0 Å². The van der Waals surface area contributed by atoms with E-state index in [1.165, 1.54) is 29.5 Å². The Morgan fingerprint density at radius 3 is 2.82 bits per heavy atom. The second kappa shape index (κ2) is 5.52. The van der Waals surface area contributed by atoms with Crippen LogP contribution in [-0.4, -0.2) is 13.4 Å². The van der Waals surface area contributed by atoms with Crippen molar-refractivity contribution >= 4 is 10.0 Å². The number of hydrogen-bond acceptors (Lipinski definition) is 4. The van der Waals surface area contributed by atoms with Crippen LogP contribution >= 0.6 is 0 Å². The van der Waals surface area contributed by atoms with Crippen LogP contribution in [0.25, 0.3) is 0 Å². The molecule has 3 rings (SSSR count). The molecule has 0 saturated heterocycles. The molecule has 1 aliphatic rings. The Bertz CT molecular complexity index is 852. The van der Waals surface area contributed by atoms with Gasteiger partial charge in [0.05, 0.1) is 0 Å². The maximum Gasteiger partial charge on any atom is 0.242 e. The summed E-state index contributed by atoms with van der Waals surface area (Å²) in [7, 11) is -3.64. The quantitative estimate of drug-likeness (QED) is 0.942. The summed E-state index contributed by atoms with van der Waals surface area (Å²) in [6, 6.07) is 10.6. The minimum atomic E-state index is -3.64. The number of nitrogens with zero attached hydrogens (tertiary/aromatic N) is 2. The lowest BCUT2D eigenvalue weighted by molar-refractivity contribution is 0.554. The van der Waals surface area contributed by atoms with Crippen LogP contribution in [0.1, 0.15) is 34.8 Å². The fraction of sp³-hybridized carbons (Fsp3) is 0.250. The molecule has 5 nitrogen and oxygen atoms in total. The molecular formula is C16H15N3O2S. The van der Waals surface area contributed by atoms with E-state index in [0.29, 0.717) is 0 Å². The molecule has 0 radical (unpaired) electrons. The van der Waals surface area contributed by atoms with Gasteiger partial charge in [-0.05, 0) is 43.0 Å². The monoisotopic (exact) mass is 313 g/mol. The van der Waals surface area contributed by atoms with Gasteiger partial charge in [0.15, 0.2) is 0 Å². The molecule has 1 unspecified atom stereocenters. The highest BCUT2D eigenvalue weighted by Gasteiger charge is 2.27. The van der Waals surface area contributed by atoms with Gasteiger partial charge in [0.1, 0.15) is 16.7 Å². The Labute approximate surface area is 129 Å². The van der Waals surface area contributed by atoms with Gasteiger partial charge in [-0.2, -0.15) is 5.26 Å². The number of benzene rings is 1. The Hall–Kier alpha value is -2.23. The van der Waals surface area contributed by atoms with Crippen molar-refractivity contribution < 1.29 is 8.42 Å². The number of fused-ring (bicyclic) bond motifs is 1. The van der Waals surface area contributed by atoms with Crippen LogP contribution in [-0.2, 0) is 16.4 Å². The number of aryl methyl sites for hydroxylation is 2. The standard InChI is InChI=1S/C16H15N3O2S/c1-11-2-6-15-12(8-11)3-7-16(15)19-22(20,21)14-5-4-13(9-17)18-10-14/h2,4-6,8,10,16,19H,3,7H2,1H3. The normalized spacial score (nSPS) is 17.0. The number of nitriles is 1. The zero-order valence-electron chi connectivity index (χ0n) is 12.1. The molecule has 1 aliphatic carbocycles. The van der Waals surface area contributed by atoms with Crippen molar-refractivity contribution in [2.24, 2.45) is 0 Å². The first-order valence-corrected chi connectivity index (χ1v) is 8.46. The summed E-state index contributed by atoms with van der Waals surface area (Å²) < 4.78 is 27.6. The third kappa shape index (κ3) is 2.73. The Morgan fingerprint density at radius 2 is 2.14 bits per heavy atom. The van der Waals surface area contributed by atoms with Crippen LogP contribution in [0.15, 0.2) is 41.4 Å². The third-order valence-electron chi connectivity index (χ3n) is 3.83. The molecule has 1 N–H and O–H groups in total. The molecule has 1 aromatic heterocycles. The highest BCUT2D eigenvalue weighted by molar-refractivity contribution is 7.89. The largest absolute Gasteiger partial charge is 0.244 e. The van der Waals surface area contributed by atoms with E-state index in [-0.39, 0.29) is 16.6 Å². The van der Waals surface area contributed by atoms with Crippen molar-refractivity contribution in [3.05, 3.63) is 58.9 Å². The average Bonchev–Trinajstić information content (AvgIpc) is 2.89. The topological polar surface area (TPSA) is 82.9 Å². The van der Waals surface area contributed by atoms with Crippen molar-refractivity contribution in [3.63, 3.8) is 0 Å². The number of sulfonamides is 1. The molecule has 1 aromatic carbocycles. The molecule has 0 spiro atoms. The zero-order valence-corrected chi connectivity index (χ0v) is 12.9. The lowest BCUT2D eigenvalue weighted by Gasteiger charge is -2.14. The SMILES string of the molecule is Cc1ccc2c(c1)CCC2NS(=O)(=O)c1ccc(C#N)nc1. The zero-order chi connectivity index (χ0) is 15.7. The van der Waals surface area contributed by atoms with Gasteiger partial charge in [-0.1, -0.05) is 23.8 Å². The van der Waals surface area contributed by atoms with E-state index in [4.69, 9.17) is 5.26 Å². The summed E-state index contributed by atoms with van der Waals surface area (Å²) in [4.78, 5) is 3.89. The van der Waals surface area contributed by atoms with E-state index < -0.39 is 10.0 Å². The first kappa shape index (κ1) is 14.7. The van der Waals surface area contributed by atoms with Crippen molar-refractivity contribution in [1.29, 1.82) is 5.26 Å². The summed E-state index contributed by atoms with van der Waals surface area (Å²) in [5.41, 5.74) is 3.61. The van der Waals surface area contributed by atoms with Gasteiger partial charge >= 0.3 is 0 Å². The third-order valence-corrected chi connectivity index (χ3v) is 5.29. The van der Waals surface area contributed by atoms with Crippen LogP contribution < -0.4 is 4.72 Å². The van der Waals surface area contributed by atoms with Gasteiger partial charge in [-0.3, -0.25) is 0 Å². The molecule has 6 heteroatoms. The van der Waals surface area contributed by atoms with Gasteiger partial charge in [0, 0.05) is 12.2 Å². The van der Waals surface area contributed by atoms with E-state index in [2.05, 4.69) is 15.8 Å². The molecule has 0 aliphatic heterocycles. The van der Waals surface area contributed by atoms with Crippen molar-refractivity contribution in [2.45, 2.75) is 30.7 Å². The molecule has 1 atom stereocenters. The Kier molecular flexibility index (Phi) is 3.69. The summed E-state index contributed by atoms with van der Waals surface area (Å²) in [5, 5.41) is 8.72. The minimum Gasteiger partial charge on any atom is -0.244 e. The second-order valence-electron chi connectivity index (χ2n) is 5.41. The first-order valence-electron chi connectivity index (χ1n) is 6.97. The maximum atomic E-state index is 12.4. The minimum absolute atomic E-state index is 0.0760. The molecule has 0 amide bonds. The Balaban J connectivity index is 1.86. The van der Waals surface area contributed by atoms with Crippen LogP contribution in [0.5, 0.6) is 0 Å². The number of pyridine rings is 1. The molecule has 0 fully saturated rings. The molecule has 2 aromatic rings. The van der Waals surface area contributed by atoms with Crippen molar-refractivity contribution in [1.82, 2.24) is 9.71 Å². The van der Waals surface area contributed by atoms with Gasteiger partial charge in [0.25, 0.3) is 0 Å². The predicted molar refractivity (Wildman–Crippen MR) is 81.5 cm³/mol. The van der Waals surface area contributed by atoms with E-state index >= 15 is 0 Å². The van der Waals surface area contributed by atoms with Crippen molar-refractivity contribution in [3.8, 4) is 6.07 Å². The molecular weight excluding hydrogens is 298 g/mol. The van der Waals surface area contributed by atoms with E-state index in [9.17, 15) is 8.42 Å². The summed E-state index contributed by atoms with van der Waals surface area (Å²) in [6.07, 6.45) is 2.84. The van der Waals surface area contributed by atoms with Gasteiger partial charge in [0.2, 0.25) is 10.0 Å². The first-order chi connectivity index (χ1) is 10.5. The molecule has 0 bridgehead atoms. The molecule has 112 valence electrons. The van der Waals surface area contributed by atoms with Gasteiger partial charge in [-0.15, -0.1) is 0 Å². The lowest BCUT2D eigenvalue weighted by atomic mass is 10.1.